The molecule has 94 valence electrons. The second-order valence-corrected chi connectivity index (χ2v) is 3.73. The van der Waals surface area contributed by atoms with E-state index in [1.54, 1.807) is 12.1 Å². The highest BCUT2D eigenvalue weighted by molar-refractivity contribution is 6.14. The zero-order valence-electron chi connectivity index (χ0n) is 9.70. The van der Waals surface area contributed by atoms with E-state index in [1.165, 1.54) is 19.2 Å². The van der Waals surface area contributed by atoms with E-state index >= 15 is 0 Å². The van der Waals surface area contributed by atoms with Crippen molar-refractivity contribution in [2.24, 2.45) is 5.10 Å². The number of anilines is 1. The van der Waals surface area contributed by atoms with Crippen LogP contribution >= 0.6 is 0 Å². The van der Waals surface area contributed by atoms with Gasteiger partial charge in [0.15, 0.2) is 0 Å². The number of amides is 1. The molecule has 0 aromatic heterocycles. The van der Waals surface area contributed by atoms with E-state index in [1.807, 2.05) is 0 Å². The third-order valence-electron chi connectivity index (χ3n) is 2.45. The zero-order chi connectivity index (χ0) is 13.1. The standard InChI is InChI=1S/C11H11N3O4/c1-18-7-8-6-11(15)13(12-8)9-4-2-3-5-10(9)14(16)17/h2-5H,6-7H2,1H3. The molecular weight excluding hydrogens is 238 g/mol. The van der Waals surface area contributed by atoms with Crippen molar-refractivity contribution in [1.82, 2.24) is 0 Å². The van der Waals surface area contributed by atoms with Crippen LogP contribution in [-0.4, -0.2) is 30.3 Å². The van der Waals surface area contributed by atoms with Crippen LogP contribution in [0.4, 0.5) is 11.4 Å². The number of rotatable bonds is 4. The van der Waals surface area contributed by atoms with Crippen LogP contribution in [-0.2, 0) is 9.53 Å². The van der Waals surface area contributed by atoms with E-state index in [0.29, 0.717) is 5.71 Å². The topological polar surface area (TPSA) is 85.0 Å². The summed E-state index contributed by atoms with van der Waals surface area (Å²) >= 11 is 0. The highest BCUT2D eigenvalue weighted by atomic mass is 16.6. The first-order chi connectivity index (χ1) is 8.63. The molecule has 0 aliphatic carbocycles. The van der Waals surface area contributed by atoms with Gasteiger partial charge in [0, 0.05) is 13.2 Å². The van der Waals surface area contributed by atoms with Gasteiger partial charge in [-0.1, -0.05) is 12.1 Å². The normalized spacial score (nSPS) is 14.8. The van der Waals surface area contributed by atoms with Crippen molar-refractivity contribution in [3.8, 4) is 0 Å². The highest BCUT2D eigenvalue weighted by Crippen LogP contribution is 2.30. The summed E-state index contributed by atoms with van der Waals surface area (Å²) in [5.41, 5.74) is 0.590. The van der Waals surface area contributed by atoms with Crippen molar-refractivity contribution in [3.05, 3.63) is 34.4 Å². The second kappa shape index (κ2) is 4.92. The van der Waals surface area contributed by atoms with Crippen LogP contribution in [0.15, 0.2) is 29.4 Å². The molecule has 2 rings (SSSR count). The molecule has 0 saturated carbocycles. The predicted octanol–water partition coefficient (Wildman–Crippen LogP) is 1.33. The van der Waals surface area contributed by atoms with E-state index in [4.69, 9.17) is 4.74 Å². The Labute approximate surface area is 103 Å². The summed E-state index contributed by atoms with van der Waals surface area (Å²) in [6, 6.07) is 6.00. The third kappa shape index (κ3) is 2.21. The summed E-state index contributed by atoms with van der Waals surface area (Å²) in [5, 5.41) is 16.0. The number of hydrogen-bond acceptors (Lipinski definition) is 5. The molecule has 0 fully saturated rings. The fourth-order valence-corrected chi connectivity index (χ4v) is 1.71. The minimum atomic E-state index is -0.535. The summed E-state index contributed by atoms with van der Waals surface area (Å²) in [6.07, 6.45) is 0.125. The maximum absolute atomic E-state index is 11.8. The monoisotopic (exact) mass is 249 g/mol. The molecule has 0 radical (unpaired) electrons. The number of ether oxygens (including phenoxy) is 1. The average molecular weight is 249 g/mol. The van der Waals surface area contributed by atoms with Gasteiger partial charge in [0.1, 0.15) is 5.69 Å². The summed E-state index contributed by atoms with van der Waals surface area (Å²) in [4.78, 5) is 22.1. The summed E-state index contributed by atoms with van der Waals surface area (Å²) < 4.78 is 4.89. The Hall–Kier alpha value is -2.28. The number of methoxy groups -OCH3 is 1. The lowest BCUT2D eigenvalue weighted by molar-refractivity contribution is -0.384. The van der Waals surface area contributed by atoms with E-state index in [-0.39, 0.29) is 30.3 Å². The van der Waals surface area contributed by atoms with Crippen molar-refractivity contribution in [1.29, 1.82) is 0 Å². The number of hydrazone groups is 1. The van der Waals surface area contributed by atoms with E-state index in [2.05, 4.69) is 5.10 Å². The Balaban J connectivity index is 2.37. The van der Waals surface area contributed by atoms with Crippen LogP contribution in [0.2, 0.25) is 0 Å². The Morgan fingerprint density at radius 1 is 1.50 bits per heavy atom. The van der Waals surface area contributed by atoms with Gasteiger partial charge in [-0.25, -0.2) is 0 Å². The zero-order valence-corrected chi connectivity index (χ0v) is 9.70. The van der Waals surface area contributed by atoms with Crippen LogP contribution in [0.5, 0.6) is 0 Å². The molecule has 0 saturated heterocycles. The van der Waals surface area contributed by atoms with Crippen molar-refractivity contribution >= 4 is 23.0 Å². The average Bonchev–Trinajstić information content (AvgIpc) is 2.70. The summed E-state index contributed by atoms with van der Waals surface area (Å²) in [7, 11) is 1.50. The lowest BCUT2D eigenvalue weighted by Gasteiger charge is -2.11. The largest absolute Gasteiger partial charge is 0.379 e. The molecule has 0 N–H and O–H groups in total. The van der Waals surface area contributed by atoms with Crippen LogP contribution in [0.1, 0.15) is 6.42 Å². The van der Waals surface area contributed by atoms with Gasteiger partial charge in [0.25, 0.3) is 11.6 Å². The number of nitro groups is 1. The minimum absolute atomic E-state index is 0.125. The fraction of sp³-hybridized carbons (Fsp3) is 0.273. The molecule has 1 amide bonds. The van der Waals surface area contributed by atoms with Crippen LogP contribution in [0.3, 0.4) is 0 Å². The molecule has 1 heterocycles. The van der Waals surface area contributed by atoms with Crippen LogP contribution in [0.25, 0.3) is 0 Å². The molecule has 1 aliphatic rings. The quantitative estimate of drug-likeness (QED) is 0.595. The minimum Gasteiger partial charge on any atom is -0.379 e. The van der Waals surface area contributed by atoms with Gasteiger partial charge in [-0.05, 0) is 6.07 Å². The second-order valence-electron chi connectivity index (χ2n) is 3.73. The highest BCUT2D eigenvalue weighted by Gasteiger charge is 2.29. The number of benzene rings is 1. The van der Waals surface area contributed by atoms with Crippen molar-refractivity contribution in [2.75, 3.05) is 18.7 Å². The lowest BCUT2D eigenvalue weighted by Crippen LogP contribution is -2.20. The SMILES string of the molecule is COCC1=NN(c2ccccc2[N+](=O)[O-])C(=O)C1. The van der Waals surface area contributed by atoms with Crippen molar-refractivity contribution in [2.45, 2.75) is 6.42 Å². The van der Waals surface area contributed by atoms with E-state index in [9.17, 15) is 14.9 Å². The number of para-hydroxylation sites is 2. The van der Waals surface area contributed by atoms with Crippen molar-refractivity contribution < 1.29 is 14.5 Å². The molecule has 18 heavy (non-hydrogen) atoms. The molecule has 7 nitrogen and oxygen atoms in total. The van der Waals surface area contributed by atoms with Gasteiger partial charge in [-0.2, -0.15) is 10.1 Å². The molecule has 1 aromatic rings. The first-order valence-electron chi connectivity index (χ1n) is 5.25. The number of carbonyl (C=O) groups excluding carboxylic acids is 1. The van der Waals surface area contributed by atoms with Gasteiger partial charge in [-0.3, -0.25) is 14.9 Å². The lowest BCUT2D eigenvalue weighted by atomic mass is 10.2. The van der Waals surface area contributed by atoms with Crippen LogP contribution in [0, 0.1) is 10.1 Å². The van der Waals surface area contributed by atoms with Crippen LogP contribution < -0.4 is 5.01 Å². The van der Waals surface area contributed by atoms with Gasteiger partial charge < -0.3 is 4.74 Å². The number of hydrogen-bond donors (Lipinski definition) is 0. The Kier molecular flexibility index (Phi) is 3.33. The molecule has 0 unspecified atom stereocenters. The maximum Gasteiger partial charge on any atom is 0.295 e. The summed E-state index contributed by atoms with van der Waals surface area (Å²) in [6.45, 7) is 0.239. The van der Waals surface area contributed by atoms with Gasteiger partial charge in [0.05, 0.1) is 23.7 Å². The Morgan fingerprint density at radius 2 is 2.22 bits per heavy atom. The maximum atomic E-state index is 11.8. The molecule has 0 atom stereocenters. The summed E-state index contributed by atoms with van der Waals surface area (Å²) in [5.74, 6) is -0.295. The Morgan fingerprint density at radius 3 is 2.89 bits per heavy atom. The number of carbonyl (C=O) groups is 1. The van der Waals surface area contributed by atoms with Gasteiger partial charge in [-0.15, -0.1) is 0 Å². The van der Waals surface area contributed by atoms with E-state index < -0.39 is 4.92 Å². The fourth-order valence-electron chi connectivity index (χ4n) is 1.71. The first kappa shape index (κ1) is 12.2. The molecule has 7 heteroatoms. The predicted molar refractivity (Wildman–Crippen MR) is 64.5 cm³/mol. The number of nitro benzene ring substituents is 1. The van der Waals surface area contributed by atoms with E-state index in [0.717, 1.165) is 5.01 Å². The first-order valence-corrected chi connectivity index (χ1v) is 5.25. The van der Waals surface area contributed by atoms with Gasteiger partial charge >= 0.3 is 0 Å². The van der Waals surface area contributed by atoms with Crippen molar-refractivity contribution in [3.63, 3.8) is 0 Å². The Bertz CT molecular complexity index is 527. The molecule has 0 spiro atoms. The molecule has 1 aliphatic heterocycles. The molecular formula is C11H11N3O4. The molecule has 0 bridgehead atoms. The van der Waals surface area contributed by atoms with Gasteiger partial charge in [0.2, 0.25) is 0 Å². The third-order valence-corrected chi connectivity index (χ3v) is 2.45. The molecule has 1 aromatic carbocycles. The smallest absolute Gasteiger partial charge is 0.295 e. The number of nitrogens with zero attached hydrogens (tertiary/aromatic N) is 3.